The smallest absolute Gasteiger partial charge is 0.306 e. The van der Waals surface area contributed by atoms with E-state index in [1.54, 1.807) is 0 Å². The summed E-state index contributed by atoms with van der Waals surface area (Å²) in [6.07, 6.45) is 4.11. The highest BCUT2D eigenvalue weighted by Gasteiger charge is 2.50. The number of carbonyl (C=O) groups excluding carboxylic acids is 1. The summed E-state index contributed by atoms with van der Waals surface area (Å²) < 4.78 is 5.57. The summed E-state index contributed by atoms with van der Waals surface area (Å²) in [5.41, 5.74) is 0. The third-order valence-corrected chi connectivity index (χ3v) is 4.57. The van der Waals surface area contributed by atoms with Gasteiger partial charge >= 0.3 is 5.97 Å². The van der Waals surface area contributed by atoms with E-state index in [4.69, 9.17) is 4.74 Å². The van der Waals surface area contributed by atoms with E-state index in [0.29, 0.717) is 12.3 Å². The Balaban J connectivity index is 0.00000128. The van der Waals surface area contributed by atoms with E-state index in [1.807, 2.05) is 6.92 Å². The van der Waals surface area contributed by atoms with Crippen molar-refractivity contribution in [1.82, 2.24) is 0 Å². The van der Waals surface area contributed by atoms with Crippen molar-refractivity contribution in [3.05, 3.63) is 0 Å². The Morgan fingerprint density at radius 2 is 1.94 bits per heavy atom. The molecule has 0 N–H and O–H groups in total. The molecule has 0 spiro atoms. The predicted molar refractivity (Wildman–Crippen MR) is 67.6 cm³/mol. The van der Waals surface area contributed by atoms with Crippen LogP contribution in [-0.2, 0) is 9.53 Å². The van der Waals surface area contributed by atoms with Gasteiger partial charge in [-0.15, -0.1) is 0 Å². The molecule has 2 aliphatic rings. The Morgan fingerprint density at radius 1 is 1.25 bits per heavy atom. The normalized spacial score (nSPS) is 40.6. The lowest BCUT2D eigenvalue weighted by atomic mass is 9.80. The molecule has 2 nitrogen and oxygen atoms in total. The molecular weight excluding hydrogens is 219 g/mol. The van der Waals surface area contributed by atoms with Crippen LogP contribution in [0.1, 0.15) is 46.5 Å². The van der Waals surface area contributed by atoms with Gasteiger partial charge in [-0.1, -0.05) is 20.8 Å². The van der Waals surface area contributed by atoms with Gasteiger partial charge in [-0.25, -0.2) is 0 Å². The maximum absolute atomic E-state index is 11.4. The van der Waals surface area contributed by atoms with Crippen LogP contribution in [0.3, 0.4) is 0 Å². The van der Waals surface area contributed by atoms with Crippen molar-refractivity contribution in [2.75, 3.05) is 0 Å². The molecule has 5 unspecified atom stereocenters. The zero-order chi connectivity index (χ0) is 11.0. The Bertz CT molecular complexity index is 252. The molecular formula is C13H23O2P-2. The van der Waals surface area contributed by atoms with Gasteiger partial charge in [0.25, 0.3) is 0 Å². The number of hydrogen-bond donors (Lipinski definition) is 0. The quantitative estimate of drug-likeness (QED) is 0.558. The second-order valence-electron chi connectivity index (χ2n) is 5.39. The third kappa shape index (κ3) is 2.42. The first-order valence-corrected chi connectivity index (χ1v) is 6.33. The summed E-state index contributed by atoms with van der Waals surface area (Å²) in [6.45, 7) is 6.68. The van der Waals surface area contributed by atoms with E-state index in [1.165, 1.54) is 6.42 Å². The number of esters is 1. The summed E-state index contributed by atoms with van der Waals surface area (Å²) >= 11 is 0. The summed E-state index contributed by atoms with van der Waals surface area (Å²) in [4.78, 5) is 11.4. The maximum atomic E-state index is 11.4. The summed E-state index contributed by atoms with van der Waals surface area (Å²) in [5.74, 6) is 3.03. The molecule has 0 heterocycles. The first-order chi connectivity index (χ1) is 7.13. The van der Waals surface area contributed by atoms with Gasteiger partial charge in [0, 0.05) is 6.42 Å². The summed E-state index contributed by atoms with van der Waals surface area (Å²) in [7, 11) is 0. The van der Waals surface area contributed by atoms with Crippen molar-refractivity contribution in [2.24, 2.45) is 23.7 Å². The molecule has 0 saturated heterocycles. The topological polar surface area (TPSA) is 26.3 Å². The van der Waals surface area contributed by atoms with Crippen LogP contribution in [0.15, 0.2) is 0 Å². The molecule has 2 fully saturated rings. The molecule has 16 heavy (non-hydrogen) atoms. The lowest BCUT2D eigenvalue weighted by Gasteiger charge is -2.31. The van der Waals surface area contributed by atoms with E-state index in [2.05, 4.69) is 13.8 Å². The van der Waals surface area contributed by atoms with Gasteiger partial charge in [-0.3, -0.25) is 4.79 Å². The lowest BCUT2D eigenvalue weighted by Crippen LogP contribution is -2.31. The number of carbonyl (C=O) groups is 1. The van der Waals surface area contributed by atoms with Gasteiger partial charge < -0.3 is 14.6 Å². The third-order valence-electron chi connectivity index (χ3n) is 4.57. The van der Waals surface area contributed by atoms with Crippen LogP contribution < -0.4 is 0 Å². The van der Waals surface area contributed by atoms with E-state index in [-0.39, 0.29) is 22.0 Å². The standard InChI is InChI=1S/C13H22O2.HP/c1-4-5-13(14)15-12-7-10-6-11(12)9(3)8(10)2;/h8-12H,4-7H2,1-3H3;1H/q;-2. The second kappa shape index (κ2) is 5.49. The zero-order valence-corrected chi connectivity index (χ0v) is 11.5. The summed E-state index contributed by atoms with van der Waals surface area (Å²) in [6, 6.07) is 0. The molecule has 2 saturated carbocycles. The largest absolute Gasteiger partial charge is 1.51 e. The minimum Gasteiger partial charge on any atom is -1.51 e. The molecule has 3 heteroatoms. The minimum absolute atomic E-state index is 0. The zero-order valence-electron chi connectivity index (χ0n) is 10.5. The molecule has 2 rings (SSSR count). The average Bonchev–Trinajstić information content (AvgIpc) is 2.69. The van der Waals surface area contributed by atoms with Crippen molar-refractivity contribution < 1.29 is 9.53 Å². The highest BCUT2D eigenvalue weighted by atomic mass is 31.0. The van der Waals surface area contributed by atoms with Crippen molar-refractivity contribution >= 4 is 15.9 Å². The molecule has 0 aromatic rings. The first kappa shape index (κ1) is 14.0. The first-order valence-electron chi connectivity index (χ1n) is 6.33. The number of fused-ring (bicyclic) bond motifs is 2. The van der Waals surface area contributed by atoms with Gasteiger partial charge in [-0.05, 0) is 42.9 Å². The molecule has 0 aliphatic heterocycles. The highest BCUT2D eigenvalue weighted by Crippen LogP contribution is 2.52. The average molecular weight is 242 g/mol. The Kier molecular flexibility index (Phi) is 4.79. The fourth-order valence-electron chi connectivity index (χ4n) is 3.44. The van der Waals surface area contributed by atoms with Crippen LogP contribution in [0.5, 0.6) is 0 Å². The molecule has 0 aromatic carbocycles. The summed E-state index contributed by atoms with van der Waals surface area (Å²) in [5, 5.41) is 0. The molecule has 2 bridgehead atoms. The van der Waals surface area contributed by atoms with Crippen LogP contribution in [0.2, 0.25) is 0 Å². The van der Waals surface area contributed by atoms with Crippen molar-refractivity contribution in [3.8, 4) is 0 Å². The van der Waals surface area contributed by atoms with Crippen LogP contribution >= 0.6 is 9.90 Å². The van der Waals surface area contributed by atoms with E-state index >= 15 is 0 Å². The lowest BCUT2D eigenvalue weighted by molar-refractivity contribution is -0.153. The Hall–Kier alpha value is -0.100. The van der Waals surface area contributed by atoms with Gasteiger partial charge in [0.05, 0.1) is 0 Å². The number of rotatable bonds is 3. The second-order valence-corrected chi connectivity index (χ2v) is 5.39. The fourth-order valence-corrected chi connectivity index (χ4v) is 3.44. The van der Waals surface area contributed by atoms with Gasteiger partial charge in [0.2, 0.25) is 0 Å². The van der Waals surface area contributed by atoms with Crippen LogP contribution in [-0.4, -0.2) is 12.1 Å². The van der Waals surface area contributed by atoms with E-state index in [9.17, 15) is 4.79 Å². The van der Waals surface area contributed by atoms with Crippen LogP contribution in [0, 0.1) is 23.7 Å². The molecule has 0 radical (unpaired) electrons. The monoisotopic (exact) mass is 242 g/mol. The van der Waals surface area contributed by atoms with Gasteiger partial charge in [-0.2, -0.15) is 0 Å². The molecule has 94 valence electrons. The Labute approximate surface area is 102 Å². The maximum Gasteiger partial charge on any atom is 0.306 e. The predicted octanol–water partition coefficient (Wildman–Crippen LogP) is 3.60. The van der Waals surface area contributed by atoms with E-state index in [0.717, 1.165) is 30.6 Å². The molecule has 5 atom stereocenters. The molecule has 0 aromatic heterocycles. The van der Waals surface area contributed by atoms with Crippen LogP contribution in [0.25, 0.3) is 0 Å². The SMILES string of the molecule is CCCC(=O)OC1CC2CC1C(C)C2C.[PH-2]. The minimum atomic E-state index is 0. The fraction of sp³-hybridized carbons (Fsp3) is 0.923. The molecule has 0 amide bonds. The van der Waals surface area contributed by atoms with Crippen molar-refractivity contribution in [3.63, 3.8) is 0 Å². The van der Waals surface area contributed by atoms with Crippen molar-refractivity contribution in [1.29, 1.82) is 0 Å². The van der Waals surface area contributed by atoms with Gasteiger partial charge in [0.1, 0.15) is 6.10 Å². The molecule has 2 aliphatic carbocycles. The number of hydrogen-bond acceptors (Lipinski definition) is 2. The highest BCUT2D eigenvalue weighted by molar-refractivity contribution is 6.92. The number of ether oxygens (including phenoxy) is 1. The van der Waals surface area contributed by atoms with E-state index < -0.39 is 0 Å². The van der Waals surface area contributed by atoms with Gasteiger partial charge in [0.15, 0.2) is 0 Å². The Morgan fingerprint density at radius 3 is 2.44 bits per heavy atom. The van der Waals surface area contributed by atoms with Crippen molar-refractivity contribution in [2.45, 2.75) is 52.6 Å². The van der Waals surface area contributed by atoms with Crippen LogP contribution in [0.4, 0.5) is 0 Å².